The van der Waals surface area contributed by atoms with Gasteiger partial charge in [0.25, 0.3) is 0 Å². The zero-order chi connectivity index (χ0) is 16.4. The van der Waals surface area contributed by atoms with Gasteiger partial charge in [0.2, 0.25) is 0 Å². The first-order chi connectivity index (χ1) is 11.8. The number of thiophene rings is 1. The van der Waals surface area contributed by atoms with Crippen LogP contribution < -0.4 is 5.32 Å². The van der Waals surface area contributed by atoms with Gasteiger partial charge in [-0.05, 0) is 47.8 Å². The fourth-order valence-electron chi connectivity index (χ4n) is 2.52. The Hall–Kier alpha value is -2.43. The predicted molar refractivity (Wildman–Crippen MR) is 102 cm³/mol. The van der Waals surface area contributed by atoms with Crippen molar-refractivity contribution in [3.8, 4) is 11.4 Å². The van der Waals surface area contributed by atoms with Crippen LogP contribution in [0.2, 0.25) is 5.02 Å². The van der Waals surface area contributed by atoms with E-state index < -0.39 is 0 Å². The van der Waals surface area contributed by atoms with Crippen molar-refractivity contribution in [1.29, 1.82) is 0 Å². The highest BCUT2D eigenvalue weighted by atomic mass is 35.5. The maximum absolute atomic E-state index is 5.98. The average Bonchev–Trinajstić information content (AvgIpc) is 3.13. The smallest absolute Gasteiger partial charge is 0.162 e. The minimum Gasteiger partial charge on any atom is -0.365 e. The van der Waals surface area contributed by atoms with Gasteiger partial charge in [0.05, 0.1) is 12.1 Å². The zero-order valence-corrected chi connectivity index (χ0v) is 14.3. The van der Waals surface area contributed by atoms with Crippen LogP contribution in [0.3, 0.4) is 0 Å². The third-order valence-electron chi connectivity index (χ3n) is 3.72. The highest BCUT2D eigenvalue weighted by Crippen LogP contribution is 2.26. The number of fused-ring (bicyclic) bond motifs is 1. The van der Waals surface area contributed by atoms with Crippen molar-refractivity contribution in [2.45, 2.75) is 6.54 Å². The molecule has 0 spiro atoms. The minimum absolute atomic E-state index is 0.694. The van der Waals surface area contributed by atoms with Crippen LogP contribution in [0.5, 0.6) is 0 Å². The van der Waals surface area contributed by atoms with Crippen molar-refractivity contribution in [3.05, 3.63) is 75.9 Å². The number of benzene rings is 2. The molecule has 2 aromatic heterocycles. The normalized spacial score (nSPS) is 10.9. The summed E-state index contributed by atoms with van der Waals surface area (Å²) in [6.07, 6.45) is 0. The molecule has 0 aliphatic heterocycles. The molecule has 2 heterocycles. The molecule has 24 heavy (non-hydrogen) atoms. The maximum atomic E-state index is 5.98. The summed E-state index contributed by atoms with van der Waals surface area (Å²) in [5, 5.41) is 7.25. The summed E-state index contributed by atoms with van der Waals surface area (Å²) < 4.78 is 0. The molecule has 4 aromatic rings. The van der Waals surface area contributed by atoms with E-state index in [-0.39, 0.29) is 0 Å². The van der Waals surface area contributed by atoms with Crippen LogP contribution in [0.15, 0.2) is 66.0 Å². The molecule has 0 atom stereocenters. The topological polar surface area (TPSA) is 37.8 Å². The van der Waals surface area contributed by atoms with Crippen molar-refractivity contribution in [2.75, 3.05) is 5.32 Å². The molecular weight excluding hydrogens is 338 g/mol. The van der Waals surface area contributed by atoms with Gasteiger partial charge in [0.15, 0.2) is 5.82 Å². The van der Waals surface area contributed by atoms with E-state index in [2.05, 4.69) is 27.8 Å². The molecule has 0 fully saturated rings. The van der Waals surface area contributed by atoms with Crippen molar-refractivity contribution < 1.29 is 0 Å². The quantitative estimate of drug-likeness (QED) is 0.518. The van der Waals surface area contributed by atoms with Gasteiger partial charge >= 0.3 is 0 Å². The van der Waals surface area contributed by atoms with Crippen molar-refractivity contribution in [1.82, 2.24) is 9.97 Å². The summed E-state index contributed by atoms with van der Waals surface area (Å²) in [6, 6.07) is 19.8. The number of para-hydroxylation sites is 1. The molecule has 0 radical (unpaired) electrons. The first-order valence-electron chi connectivity index (χ1n) is 7.58. The minimum atomic E-state index is 0.694. The van der Waals surface area contributed by atoms with Gasteiger partial charge in [-0.1, -0.05) is 29.8 Å². The Balaban J connectivity index is 1.76. The number of hydrogen-bond acceptors (Lipinski definition) is 4. The molecule has 1 N–H and O–H groups in total. The molecular formula is C19H14ClN3S. The molecule has 0 unspecified atom stereocenters. The van der Waals surface area contributed by atoms with E-state index in [0.29, 0.717) is 10.8 Å². The summed E-state index contributed by atoms with van der Waals surface area (Å²) in [5.74, 6) is 1.54. The summed E-state index contributed by atoms with van der Waals surface area (Å²) in [4.78, 5) is 10.7. The number of aromatic nitrogens is 2. The van der Waals surface area contributed by atoms with Gasteiger partial charge in [-0.15, -0.1) is 11.3 Å². The first kappa shape index (κ1) is 15.1. The van der Waals surface area contributed by atoms with E-state index in [1.54, 1.807) is 11.3 Å². The molecule has 0 amide bonds. The third kappa shape index (κ3) is 3.11. The predicted octanol–water partition coefficient (Wildman–Crippen LogP) is 5.62. The van der Waals surface area contributed by atoms with Gasteiger partial charge in [-0.2, -0.15) is 0 Å². The second kappa shape index (κ2) is 6.59. The molecule has 0 aliphatic rings. The van der Waals surface area contributed by atoms with E-state index >= 15 is 0 Å². The van der Waals surface area contributed by atoms with Crippen LogP contribution in [0.4, 0.5) is 5.82 Å². The summed E-state index contributed by atoms with van der Waals surface area (Å²) in [6.45, 7) is 0.749. The van der Waals surface area contributed by atoms with Crippen LogP contribution >= 0.6 is 22.9 Å². The lowest BCUT2D eigenvalue weighted by Gasteiger charge is -2.10. The van der Waals surface area contributed by atoms with E-state index in [1.807, 2.05) is 48.5 Å². The largest absolute Gasteiger partial charge is 0.365 e. The lowest BCUT2D eigenvalue weighted by molar-refractivity contribution is 1.13. The Bertz CT molecular complexity index is 966. The molecule has 0 aliphatic carbocycles. The first-order valence-corrected chi connectivity index (χ1v) is 8.84. The molecule has 4 rings (SSSR count). The monoisotopic (exact) mass is 351 g/mol. The van der Waals surface area contributed by atoms with Gasteiger partial charge in [0.1, 0.15) is 5.82 Å². The zero-order valence-electron chi connectivity index (χ0n) is 12.7. The van der Waals surface area contributed by atoms with Gasteiger partial charge in [-0.25, -0.2) is 9.97 Å². The molecule has 5 heteroatoms. The van der Waals surface area contributed by atoms with E-state index in [9.17, 15) is 0 Å². The summed E-state index contributed by atoms with van der Waals surface area (Å²) in [5.41, 5.74) is 1.87. The number of nitrogens with zero attached hydrogens (tertiary/aromatic N) is 2. The van der Waals surface area contributed by atoms with Crippen LogP contribution in [0, 0.1) is 0 Å². The molecule has 0 saturated heterocycles. The molecule has 118 valence electrons. The van der Waals surface area contributed by atoms with E-state index in [1.165, 1.54) is 4.88 Å². The Labute approximate surface area is 149 Å². The molecule has 0 saturated carbocycles. The number of hydrogen-bond donors (Lipinski definition) is 1. The van der Waals surface area contributed by atoms with Crippen LogP contribution in [0.1, 0.15) is 4.88 Å². The summed E-state index contributed by atoms with van der Waals surface area (Å²) in [7, 11) is 0. The second-order valence-electron chi connectivity index (χ2n) is 5.35. The Morgan fingerprint density at radius 2 is 1.75 bits per heavy atom. The van der Waals surface area contributed by atoms with Crippen LogP contribution in [-0.2, 0) is 6.54 Å². The molecule has 0 bridgehead atoms. The average molecular weight is 352 g/mol. The maximum Gasteiger partial charge on any atom is 0.162 e. The highest BCUT2D eigenvalue weighted by molar-refractivity contribution is 7.09. The number of rotatable bonds is 4. The van der Waals surface area contributed by atoms with Gasteiger partial charge in [0, 0.05) is 20.8 Å². The fourth-order valence-corrected chi connectivity index (χ4v) is 3.29. The lowest BCUT2D eigenvalue weighted by atomic mass is 10.2. The third-order valence-corrected chi connectivity index (χ3v) is 4.84. The van der Waals surface area contributed by atoms with E-state index in [0.717, 1.165) is 28.8 Å². The highest BCUT2D eigenvalue weighted by Gasteiger charge is 2.09. The molecule has 3 nitrogen and oxygen atoms in total. The van der Waals surface area contributed by atoms with Gasteiger partial charge < -0.3 is 5.32 Å². The number of anilines is 1. The van der Waals surface area contributed by atoms with Crippen LogP contribution in [0.25, 0.3) is 22.3 Å². The van der Waals surface area contributed by atoms with Gasteiger partial charge in [-0.3, -0.25) is 0 Å². The SMILES string of the molecule is Clc1ccc(-c2nc(NCc3cccs3)c3ccccc3n2)cc1. The van der Waals surface area contributed by atoms with E-state index in [4.69, 9.17) is 16.6 Å². The standard InChI is InChI=1S/C19H14ClN3S/c20-14-9-7-13(8-10-14)18-22-17-6-2-1-5-16(17)19(23-18)21-12-15-4-3-11-24-15/h1-11H,12H2,(H,21,22,23). The van der Waals surface area contributed by atoms with Crippen molar-refractivity contribution in [3.63, 3.8) is 0 Å². The number of nitrogens with one attached hydrogen (secondary N) is 1. The lowest BCUT2D eigenvalue weighted by Crippen LogP contribution is -2.03. The van der Waals surface area contributed by atoms with Crippen molar-refractivity contribution >= 4 is 39.7 Å². The molecule has 2 aromatic carbocycles. The van der Waals surface area contributed by atoms with Crippen molar-refractivity contribution in [2.24, 2.45) is 0 Å². The Morgan fingerprint density at radius 3 is 2.54 bits per heavy atom. The fraction of sp³-hybridized carbons (Fsp3) is 0.0526. The second-order valence-corrected chi connectivity index (χ2v) is 6.82. The summed E-state index contributed by atoms with van der Waals surface area (Å²) >= 11 is 7.71. The number of halogens is 1. The Kier molecular flexibility index (Phi) is 4.15. The van der Waals surface area contributed by atoms with Crippen LogP contribution in [-0.4, -0.2) is 9.97 Å². The Morgan fingerprint density at radius 1 is 0.917 bits per heavy atom.